The van der Waals surface area contributed by atoms with Crippen molar-refractivity contribution < 1.29 is 4.42 Å². The van der Waals surface area contributed by atoms with E-state index in [9.17, 15) is 0 Å². The van der Waals surface area contributed by atoms with Gasteiger partial charge in [-0.3, -0.25) is 0 Å². The van der Waals surface area contributed by atoms with Crippen LogP contribution in [0.5, 0.6) is 0 Å². The van der Waals surface area contributed by atoms with Crippen molar-refractivity contribution >= 4 is 11.8 Å². The Morgan fingerprint density at radius 3 is 2.57 bits per heavy atom. The Morgan fingerprint density at radius 1 is 1.14 bits per heavy atom. The van der Waals surface area contributed by atoms with Crippen LogP contribution in [0.1, 0.15) is 11.3 Å². The largest absolute Gasteiger partial charge is 0.468 e. The molecule has 0 aliphatic carbocycles. The molecule has 14 heavy (non-hydrogen) atoms. The summed E-state index contributed by atoms with van der Waals surface area (Å²) in [5.41, 5.74) is 1.35. The highest BCUT2D eigenvalue weighted by atomic mass is 32.2. The van der Waals surface area contributed by atoms with Crippen LogP contribution in [0.3, 0.4) is 0 Å². The molecule has 0 amide bonds. The number of furan rings is 1. The van der Waals surface area contributed by atoms with Gasteiger partial charge in [-0.15, -0.1) is 11.8 Å². The van der Waals surface area contributed by atoms with Crippen molar-refractivity contribution in [3.63, 3.8) is 0 Å². The van der Waals surface area contributed by atoms with E-state index < -0.39 is 0 Å². The highest BCUT2D eigenvalue weighted by Crippen LogP contribution is 2.26. The molecule has 1 aromatic heterocycles. The quantitative estimate of drug-likeness (QED) is 0.704. The highest BCUT2D eigenvalue weighted by Gasteiger charge is 2.01. The molecule has 0 radical (unpaired) electrons. The van der Waals surface area contributed by atoms with Crippen LogP contribution in [0, 0.1) is 6.92 Å². The monoisotopic (exact) mass is 204 g/mol. The average molecular weight is 204 g/mol. The second kappa shape index (κ2) is 4.38. The molecule has 0 aliphatic rings. The van der Waals surface area contributed by atoms with E-state index in [4.69, 9.17) is 4.42 Å². The summed E-state index contributed by atoms with van der Waals surface area (Å²) < 4.78 is 5.23. The van der Waals surface area contributed by atoms with E-state index in [1.54, 1.807) is 6.26 Å². The summed E-state index contributed by atoms with van der Waals surface area (Å²) in [4.78, 5) is 1.23. The summed E-state index contributed by atoms with van der Waals surface area (Å²) in [5.74, 6) is 2.01. The fourth-order valence-corrected chi connectivity index (χ4v) is 2.18. The standard InChI is InChI=1S/C12H12OS/c1-10-12(7-8-13-10)14-9-11-5-3-2-4-6-11/h2-8H,9H2,1H3. The minimum absolute atomic E-state index is 1.00. The molecule has 2 aromatic rings. The lowest BCUT2D eigenvalue weighted by atomic mass is 10.2. The van der Waals surface area contributed by atoms with Gasteiger partial charge < -0.3 is 4.42 Å². The summed E-state index contributed by atoms with van der Waals surface area (Å²) in [7, 11) is 0. The van der Waals surface area contributed by atoms with Crippen LogP contribution >= 0.6 is 11.8 Å². The molecule has 2 heteroatoms. The average Bonchev–Trinajstić information content (AvgIpc) is 2.63. The molecule has 0 spiro atoms. The minimum Gasteiger partial charge on any atom is -0.468 e. The Morgan fingerprint density at radius 2 is 1.93 bits per heavy atom. The molecule has 0 saturated carbocycles. The van der Waals surface area contributed by atoms with Crippen molar-refractivity contribution in [1.29, 1.82) is 0 Å². The van der Waals surface area contributed by atoms with E-state index >= 15 is 0 Å². The van der Waals surface area contributed by atoms with Crippen LogP contribution in [-0.4, -0.2) is 0 Å². The Hall–Kier alpha value is -1.15. The van der Waals surface area contributed by atoms with Crippen LogP contribution in [-0.2, 0) is 5.75 Å². The maximum atomic E-state index is 5.23. The lowest BCUT2D eigenvalue weighted by Gasteiger charge is -1.99. The molecule has 0 N–H and O–H groups in total. The smallest absolute Gasteiger partial charge is 0.114 e. The molecule has 0 bridgehead atoms. The third-order valence-electron chi connectivity index (χ3n) is 2.05. The first-order valence-electron chi connectivity index (χ1n) is 4.57. The Balaban J connectivity index is 1.99. The number of hydrogen-bond donors (Lipinski definition) is 0. The van der Waals surface area contributed by atoms with Crippen molar-refractivity contribution in [3.8, 4) is 0 Å². The normalized spacial score (nSPS) is 10.4. The van der Waals surface area contributed by atoms with E-state index in [1.165, 1.54) is 10.5 Å². The van der Waals surface area contributed by atoms with Crippen LogP contribution in [0.2, 0.25) is 0 Å². The van der Waals surface area contributed by atoms with Gasteiger partial charge in [0.1, 0.15) is 5.76 Å². The molecule has 1 aromatic carbocycles. The number of rotatable bonds is 3. The van der Waals surface area contributed by atoms with Crippen LogP contribution in [0.4, 0.5) is 0 Å². The van der Waals surface area contributed by atoms with Crippen LogP contribution < -0.4 is 0 Å². The predicted octanol–water partition coefficient (Wildman–Crippen LogP) is 3.88. The molecule has 2 rings (SSSR count). The molecule has 1 nitrogen and oxygen atoms in total. The predicted molar refractivity (Wildman–Crippen MR) is 59.4 cm³/mol. The Bertz CT molecular complexity index is 392. The molecule has 0 atom stereocenters. The Kier molecular flexibility index (Phi) is 2.94. The van der Waals surface area contributed by atoms with Gasteiger partial charge >= 0.3 is 0 Å². The zero-order valence-electron chi connectivity index (χ0n) is 8.07. The van der Waals surface area contributed by atoms with Crippen molar-refractivity contribution in [2.75, 3.05) is 0 Å². The van der Waals surface area contributed by atoms with Gasteiger partial charge in [-0.05, 0) is 18.6 Å². The van der Waals surface area contributed by atoms with Gasteiger partial charge in [0.2, 0.25) is 0 Å². The first kappa shape index (κ1) is 9.41. The topological polar surface area (TPSA) is 13.1 Å². The fraction of sp³-hybridized carbons (Fsp3) is 0.167. The van der Waals surface area contributed by atoms with Crippen molar-refractivity contribution in [2.45, 2.75) is 17.6 Å². The van der Waals surface area contributed by atoms with Crippen LogP contribution in [0.15, 0.2) is 52.0 Å². The fourth-order valence-electron chi connectivity index (χ4n) is 1.26. The van der Waals surface area contributed by atoms with Gasteiger partial charge in [0.25, 0.3) is 0 Å². The molecule has 0 fully saturated rings. The van der Waals surface area contributed by atoms with Gasteiger partial charge in [-0.25, -0.2) is 0 Å². The summed E-state index contributed by atoms with van der Waals surface area (Å²) >= 11 is 1.81. The molecule has 0 unspecified atom stereocenters. The van der Waals surface area contributed by atoms with E-state index in [-0.39, 0.29) is 0 Å². The summed E-state index contributed by atoms with van der Waals surface area (Å²) in [6.07, 6.45) is 1.74. The first-order valence-corrected chi connectivity index (χ1v) is 5.55. The molecule has 72 valence electrons. The summed E-state index contributed by atoms with van der Waals surface area (Å²) in [6, 6.07) is 12.5. The van der Waals surface area contributed by atoms with Gasteiger partial charge in [-0.2, -0.15) is 0 Å². The lowest BCUT2D eigenvalue weighted by Crippen LogP contribution is -1.78. The Labute approximate surface area is 88.1 Å². The van der Waals surface area contributed by atoms with E-state index in [1.807, 2.05) is 30.8 Å². The highest BCUT2D eigenvalue weighted by molar-refractivity contribution is 7.98. The molecule has 0 aliphatic heterocycles. The van der Waals surface area contributed by atoms with Gasteiger partial charge in [0.05, 0.1) is 6.26 Å². The second-order valence-electron chi connectivity index (χ2n) is 3.12. The molecular weight excluding hydrogens is 192 g/mol. The van der Waals surface area contributed by atoms with Gasteiger partial charge in [0.15, 0.2) is 0 Å². The number of aryl methyl sites for hydroxylation is 1. The molecule has 0 saturated heterocycles. The summed E-state index contributed by atoms with van der Waals surface area (Å²) in [6.45, 7) is 1.99. The third kappa shape index (κ3) is 2.20. The maximum absolute atomic E-state index is 5.23. The van der Waals surface area contributed by atoms with E-state index in [0.29, 0.717) is 0 Å². The molecule has 1 heterocycles. The van der Waals surface area contributed by atoms with Gasteiger partial charge in [-0.1, -0.05) is 30.3 Å². The van der Waals surface area contributed by atoms with E-state index in [2.05, 4.69) is 24.3 Å². The number of hydrogen-bond acceptors (Lipinski definition) is 2. The van der Waals surface area contributed by atoms with E-state index in [0.717, 1.165) is 11.5 Å². The number of benzene rings is 1. The second-order valence-corrected chi connectivity index (χ2v) is 4.13. The molecular formula is C12H12OS. The number of thioether (sulfide) groups is 1. The van der Waals surface area contributed by atoms with Crippen LogP contribution in [0.25, 0.3) is 0 Å². The maximum Gasteiger partial charge on any atom is 0.114 e. The van der Waals surface area contributed by atoms with Gasteiger partial charge in [0, 0.05) is 10.6 Å². The zero-order chi connectivity index (χ0) is 9.80. The van der Waals surface area contributed by atoms with Crippen molar-refractivity contribution in [2.24, 2.45) is 0 Å². The zero-order valence-corrected chi connectivity index (χ0v) is 8.88. The first-order chi connectivity index (χ1) is 6.86. The summed E-state index contributed by atoms with van der Waals surface area (Å²) in [5, 5.41) is 0. The minimum atomic E-state index is 1.00. The lowest BCUT2D eigenvalue weighted by molar-refractivity contribution is 0.527. The SMILES string of the molecule is Cc1occc1SCc1ccccc1. The van der Waals surface area contributed by atoms with Crippen molar-refractivity contribution in [1.82, 2.24) is 0 Å². The van der Waals surface area contributed by atoms with Crippen molar-refractivity contribution in [3.05, 3.63) is 54.0 Å². The third-order valence-corrected chi connectivity index (χ3v) is 3.26.